The summed E-state index contributed by atoms with van der Waals surface area (Å²) < 4.78 is 10.2. The van der Waals surface area contributed by atoms with Gasteiger partial charge in [-0.1, -0.05) is 30.3 Å². The van der Waals surface area contributed by atoms with Crippen molar-refractivity contribution in [1.29, 1.82) is 0 Å². The molecule has 1 unspecified atom stereocenters. The highest BCUT2D eigenvalue weighted by molar-refractivity contribution is 5.81. The zero-order chi connectivity index (χ0) is 13.2. The first-order valence-electron chi connectivity index (χ1n) is 5.88. The highest BCUT2D eigenvalue weighted by Gasteiger charge is 2.11. The Kier molecular flexibility index (Phi) is 7.01. The number of carbonyl (C=O) groups excluding carboxylic acids is 1. The maximum atomic E-state index is 11.4. The molecular formula is C13H20N2O3. The van der Waals surface area contributed by atoms with E-state index < -0.39 is 6.04 Å². The zero-order valence-corrected chi connectivity index (χ0v) is 10.6. The summed E-state index contributed by atoms with van der Waals surface area (Å²) in [5.41, 5.74) is 6.67. The second-order valence-electron chi connectivity index (χ2n) is 3.89. The summed E-state index contributed by atoms with van der Waals surface area (Å²) in [6.07, 6.45) is 0. The molecule has 1 amide bonds. The number of hydrogen-bond donors (Lipinski definition) is 2. The fourth-order valence-electron chi connectivity index (χ4n) is 1.40. The summed E-state index contributed by atoms with van der Waals surface area (Å²) in [5, 5.41) is 2.68. The normalized spacial score (nSPS) is 12.1. The molecule has 3 N–H and O–H groups in total. The van der Waals surface area contributed by atoms with Gasteiger partial charge >= 0.3 is 0 Å². The van der Waals surface area contributed by atoms with Gasteiger partial charge in [0.2, 0.25) is 5.91 Å². The Hall–Kier alpha value is -1.43. The average Bonchev–Trinajstić information content (AvgIpc) is 2.39. The van der Waals surface area contributed by atoms with Crippen LogP contribution in [0.4, 0.5) is 0 Å². The number of nitrogens with two attached hydrogens (primary N) is 1. The van der Waals surface area contributed by atoms with E-state index in [2.05, 4.69) is 5.32 Å². The van der Waals surface area contributed by atoms with E-state index in [0.717, 1.165) is 5.56 Å². The van der Waals surface area contributed by atoms with E-state index in [-0.39, 0.29) is 12.5 Å². The lowest BCUT2D eigenvalue weighted by Gasteiger charge is -2.11. The van der Waals surface area contributed by atoms with E-state index in [9.17, 15) is 4.79 Å². The molecule has 0 aliphatic carbocycles. The Morgan fingerprint density at radius 1 is 1.39 bits per heavy atom. The third-order valence-corrected chi connectivity index (χ3v) is 2.34. The Labute approximate surface area is 107 Å². The summed E-state index contributed by atoms with van der Waals surface area (Å²) >= 11 is 0. The van der Waals surface area contributed by atoms with Crippen molar-refractivity contribution < 1.29 is 14.3 Å². The van der Waals surface area contributed by atoms with Crippen molar-refractivity contribution in [1.82, 2.24) is 5.32 Å². The number of methoxy groups -OCH3 is 1. The van der Waals surface area contributed by atoms with Gasteiger partial charge in [-0.25, -0.2) is 0 Å². The van der Waals surface area contributed by atoms with Crippen molar-refractivity contribution in [3.63, 3.8) is 0 Å². The molecule has 0 aliphatic rings. The van der Waals surface area contributed by atoms with Crippen molar-refractivity contribution >= 4 is 5.91 Å². The topological polar surface area (TPSA) is 73.6 Å². The molecule has 0 heterocycles. The molecule has 1 aromatic carbocycles. The van der Waals surface area contributed by atoms with E-state index >= 15 is 0 Å². The van der Waals surface area contributed by atoms with Crippen LogP contribution in [0.3, 0.4) is 0 Å². The van der Waals surface area contributed by atoms with Crippen LogP contribution in [0.2, 0.25) is 0 Å². The second kappa shape index (κ2) is 8.63. The first-order valence-corrected chi connectivity index (χ1v) is 5.88. The Morgan fingerprint density at radius 3 is 2.78 bits per heavy atom. The van der Waals surface area contributed by atoms with Crippen molar-refractivity contribution in [3.8, 4) is 0 Å². The molecule has 0 saturated carbocycles. The average molecular weight is 252 g/mol. The van der Waals surface area contributed by atoms with E-state index in [4.69, 9.17) is 15.2 Å². The van der Waals surface area contributed by atoms with E-state index in [0.29, 0.717) is 19.8 Å². The van der Waals surface area contributed by atoms with Crippen molar-refractivity contribution in [2.24, 2.45) is 5.73 Å². The van der Waals surface area contributed by atoms with Crippen molar-refractivity contribution in [2.75, 3.05) is 26.9 Å². The maximum absolute atomic E-state index is 11.4. The van der Waals surface area contributed by atoms with Crippen LogP contribution in [0.15, 0.2) is 30.3 Å². The van der Waals surface area contributed by atoms with Crippen molar-refractivity contribution in [2.45, 2.75) is 12.6 Å². The predicted molar refractivity (Wildman–Crippen MR) is 69.0 cm³/mol. The number of carbonyl (C=O) groups is 1. The largest absolute Gasteiger partial charge is 0.383 e. The Balaban J connectivity index is 2.07. The first-order chi connectivity index (χ1) is 8.74. The summed E-state index contributed by atoms with van der Waals surface area (Å²) in [4.78, 5) is 11.4. The predicted octanol–water partition coefficient (Wildman–Crippen LogP) is 0.293. The highest BCUT2D eigenvalue weighted by atomic mass is 16.5. The standard InChI is InChI=1S/C13H20N2O3/c1-17-10-12(14)13(16)15-7-8-18-9-11-5-3-2-4-6-11/h2-6,12H,7-10,14H2,1H3,(H,15,16). The van der Waals surface area contributed by atoms with Crippen molar-refractivity contribution in [3.05, 3.63) is 35.9 Å². The molecule has 1 rings (SSSR count). The fraction of sp³-hybridized carbons (Fsp3) is 0.462. The van der Waals surface area contributed by atoms with Crippen LogP contribution in [0.25, 0.3) is 0 Å². The molecule has 0 bridgehead atoms. The van der Waals surface area contributed by atoms with E-state index in [1.54, 1.807) is 0 Å². The van der Waals surface area contributed by atoms with Gasteiger partial charge in [0.1, 0.15) is 6.04 Å². The summed E-state index contributed by atoms with van der Waals surface area (Å²) in [6, 6.07) is 9.25. The van der Waals surface area contributed by atoms with Gasteiger partial charge in [-0.2, -0.15) is 0 Å². The lowest BCUT2D eigenvalue weighted by Crippen LogP contribution is -2.44. The molecule has 5 nitrogen and oxygen atoms in total. The molecule has 5 heteroatoms. The number of nitrogens with one attached hydrogen (secondary N) is 1. The Morgan fingerprint density at radius 2 is 2.11 bits per heavy atom. The van der Waals surface area contributed by atoms with Gasteiger partial charge in [0.15, 0.2) is 0 Å². The van der Waals surface area contributed by atoms with Crippen LogP contribution in [-0.2, 0) is 20.9 Å². The zero-order valence-electron chi connectivity index (χ0n) is 10.6. The van der Waals surface area contributed by atoms with Gasteiger partial charge < -0.3 is 20.5 Å². The van der Waals surface area contributed by atoms with Gasteiger partial charge in [0, 0.05) is 13.7 Å². The van der Waals surface area contributed by atoms with Crippen LogP contribution in [0, 0.1) is 0 Å². The maximum Gasteiger partial charge on any atom is 0.239 e. The molecule has 0 saturated heterocycles. The van der Waals surface area contributed by atoms with E-state index in [1.165, 1.54) is 7.11 Å². The summed E-state index contributed by atoms with van der Waals surface area (Å²) in [5.74, 6) is -0.222. The monoisotopic (exact) mass is 252 g/mol. The SMILES string of the molecule is COCC(N)C(=O)NCCOCc1ccccc1. The number of ether oxygens (including phenoxy) is 2. The Bertz CT molecular complexity index is 343. The molecule has 0 aliphatic heterocycles. The van der Waals surface area contributed by atoms with Crippen LogP contribution >= 0.6 is 0 Å². The lowest BCUT2D eigenvalue weighted by molar-refractivity contribution is -0.123. The smallest absolute Gasteiger partial charge is 0.239 e. The molecule has 0 aromatic heterocycles. The van der Waals surface area contributed by atoms with E-state index in [1.807, 2.05) is 30.3 Å². The van der Waals surface area contributed by atoms with Gasteiger partial charge in [-0.15, -0.1) is 0 Å². The number of amides is 1. The second-order valence-corrected chi connectivity index (χ2v) is 3.89. The van der Waals surface area contributed by atoms with Gasteiger partial charge in [-0.3, -0.25) is 4.79 Å². The third kappa shape index (κ3) is 5.77. The van der Waals surface area contributed by atoms with Gasteiger partial charge in [-0.05, 0) is 5.56 Å². The molecule has 0 fully saturated rings. The highest BCUT2D eigenvalue weighted by Crippen LogP contribution is 1.99. The quantitative estimate of drug-likeness (QED) is 0.652. The lowest BCUT2D eigenvalue weighted by atomic mass is 10.2. The van der Waals surface area contributed by atoms with Crippen LogP contribution in [-0.4, -0.2) is 38.8 Å². The van der Waals surface area contributed by atoms with Gasteiger partial charge in [0.05, 0.1) is 19.8 Å². The number of rotatable bonds is 8. The summed E-state index contributed by atoms with van der Waals surface area (Å²) in [6.45, 7) is 1.67. The summed E-state index contributed by atoms with van der Waals surface area (Å²) in [7, 11) is 1.51. The van der Waals surface area contributed by atoms with Crippen LogP contribution in [0.5, 0.6) is 0 Å². The minimum absolute atomic E-state index is 0.219. The molecule has 0 radical (unpaired) electrons. The molecular weight excluding hydrogens is 232 g/mol. The van der Waals surface area contributed by atoms with Crippen LogP contribution in [0.1, 0.15) is 5.56 Å². The van der Waals surface area contributed by atoms with Crippen LogP contribution < -0.4 is 11.1 Å². The number of hydrogen-bond acceptors (Lipinski definition) is 4. The number of benzene rings is 1. The molecule has 1 atom stereocenters. The third-order valence-electron chi connectivity index (χ3n) is 2.34. The molecule has 0 spiro atoms. The molecule has 1 aromatic rings. The molecule has 100 valence electrons. The molecule has 18 heavy (non-hydrogen) atoms. The van der Waals surface area contributed by atoms with Gasteiger partial charge in [0.25, 0.3) is 0 Å². The minimum atomic E-state index is -0.621. The first kappa shape index (κ1) is 14.6. The fourth-order valence-corrected chi connectivity index (χ4v) is 1.40. The minimum Gasteiger partial charge on any atom is -0.383 e.